The normalized spacial score (nSPS) is 16.5. The van der Waals surface area contributed by atoms with Gasteiger partial charge in [0.25, 0.3) is 5.91 Å². The maximum Gasteiger partial charge on any atom is 0.274 e. The Bertz CT molecular complexity index is 1070. The molecule has 0 atom stereocenters. The van der Waals surface area contributed by atoms with Gasteiger partial charge in [0.15, 0.2) is 5.69 Å². The number of fused-ring (bicyclic) bond motifs is 2. The van der Waals surface area contributed by atoms with Gasteiger partial charge in [-0.15, -0.1) is 0 Å². The predicted octanol–water partition coefficient (Wildman–Crippen LogP) is 2.90. The van der Waals surface area contributed by atoms with Crippen molar-refractivity contribution in [2.24, 2.45) is 0 Å². The Morgan fingerprint density at radius 2 is 1.63 bits per heavy atom. The van der Waals surface area contributed by atoms with E-state index in [1.807, 2.05) is 44.8 Å². The van der Waals surface area contributed by atoms with Crippen molar-refractivity contribution in [3.05, 3.63) is 65.5 Å². The Hall–Kier alpha value is -3.15. The third kappa shape index (κ3) is 3.58. The molecule has 6 nitrogen and oxygen atoms in total. The van der Waals surface area contributed by atoms with Crippen molar-refractivity contribution >= 4 is 22.6 Å². The van der Waals surface area contributed by atoms with E-state index in [0.29, 0.717) is 38.3 Å². The van der Waals surface area contributed by atoms with Crippen molar-refractivity contribution in [3.8, 4) is 0 Å². The number of hydrogen-bond acceptors (Lipinski definition) is 3. The number of hydrogen-bond donors (Lipinski definition) is 0. The lowest BCUT2D eigenvalue weighted by Gasteiger charge is -2.34. The lowest BCUT2D eigenvalue weighted by Crippen LogP contribution is -2.51. The van der Waals surface area contributed by atoms with Crippen molar-refractivity contribution in [2.45, 2.75) is 32.2 Å². The molecule has 2 aromatic carbocycles. The van der Waals surface area contributed by atoms with Crippen LogP contribution < -0.4 is 0 Å². The Morgan fingerprint density at radius 3 is 2.47 bits per heavy atom. The average molecular weight is 402 g/mol. The molecule has 1 aromatic heterocycles. The van der Waals surface area contributed by atoms with Crippen LogP contribution in [0, 0.1) is 0 Å². The molecule has 2 aliphatic rings. The average Bonchev–Trinajstić information content (AvgIpc) is 3.23. The van der Waals surface area contributed by atoms with Crippen LogP contribution in [0.3, 0.4) is 0 Å². The standard InChI is InChI=1S/C24H26N4O2/c29-23(16-19-8-5-7-18-6-1-2-10-21(18)19)26-12-14-27(15-13-26)24(30)22-17-20-9-3-4-11-28(20)25-22/h1-2,5-8,10,17H,3-4,9,11-16H2. The molecular weight excluding hydrogens is 376 g/mol. The molecule has 1 fully saturated rings. The zero-order valence-electron chi connectivity index (χ0n) is 17.1. The first kappa shape index (κ1) is 18.9. The van der Waals surface area contributed by atoms with Crippen LogP contribution in [0.25, 0.3) is 10.8 Å². The van der Waals surface area contributed by atoms with E-state index in [1.54, 1.807) is 0 Å². The van der Waals surface area contributed by atoms with Crippen LogP contribution in [0.15, 0.2) is 48.5 Å². The number of benzene rings is 2. The Balaban J connectivity index is 1.21. The minimum atomic E-state index is -0.0157. The monoisotopic (exact) mass is 402 g/mol. The van der Waals surface area contributed by atoms with Crippen molar-refractivity contribution < 1.29 is 9.59 Å². The molecule has 6 heteroatoms. The number of rotatable bonds is 3. The maximum absolute atomic E-state index is 12.9. The first-order valence-corrected chi connectivity index (χ1v) is 10.8. The Kier molecular flexibility index (Phi) is 4.99. The molecule has 2 aliphatic heterocycles. The minimum absolute atomic E-state index is 0.0157. The summed E-state index contributed by atoms with van der Waals surface area (Å²) in [6, 6.07) is 16.2. The zero-order chi connectivity index (χ0) is 20.5. The minimum Gasteiger partial charge on any atom is -0.339 e. The first-order valence-electron chi connectivity index (χ1n) is 10.8. The maximum atomic E-state index is 12.9. The van der Waals surface area contributed by atoms with E-state index in [4.69, 9.17) is 0 Å². The van der Waals surface area contributed by atoms with E-state index in [9.17, 15) is 9.59 Å². The summed E-state index contributed by atoms with van der Waals surface area (Å²) in [4.78, 5) is 29.5. The molecule has 0 spiro atoms. The molecule has 1 saturated heterocycles. The Labute approximate surface area is 176 Å². The molecule has 5 rings (SSSR count). The number of carbonyl (C=O) groups is 2. The summed E-state index contributed by atoms with van der Waals surface area (Å²) in [5.41, 5.74) is 2.76. The van der Waals surface area contributed by atoms with Crippen molar-refractivity contribution in [1.82, 2.24) is 19.6 Å². The quantitative estimate of drug-likeness (QED) is 0.677. The zero-order valence-corrected chi connectivity index (χ0v) is 17.1. The van der Waals surface area contributed by atoms with E-state index >= 15 is 0 Å². The molecule has 2 amide bonds. The molecular formula is C24H26N4O2. The highest BCUT2D eigenvalue weighted by molar-refractivity contribution is 5.93. The van der Waals surface area contributed by atoms with Crippen LogP contribution in [0.5, 0.6) is 0 Å². The van der Waals surface area contributed by atoms with E-state index in [2.05, 4.69) is 23.3 Å². The lowest BCUT2D eigenvalue weighted by molar-refractivity contribution is -0.131. The van der Waals surface area contributed by atoms with E-state index in [1.165, 1.54) is 0 Å². The van der Waals surface area contributed by atoms with Crippen LogP contribution in [0.4, 0.5) is 0 Å². The highest BCUT2D eigenvalue weighted by atomic mass is 16.2. The predicted molar refractivity (Wildman–Crippen MR) is 115 cm³/mol. The molecule has 0 aliphatic carbocycles. The van der Waals surface area contributed by atoms with Gasteiger partial charge >= 0.3 is 0 Å². The van der Waals surface area contributed by atoms with Crippen molar-refractivity contribution in [3.63, 3.8) is 0 Å². The molecule has 0 bridgehead atoms. The number of carbonyl (C=O) groups excluding carboxylic acids is 2. The molecule has 0 radical (unpaired) electrons. The number of piperazine rings is 1. The number of aryl methyl sites for hydroxylation is 2. The van der Waals surface area contributed by atoms with Crippen molar-refractivity contribution in [1.29, 1.82) is 0 Å². The highest BCUT2D eigenvalue weighted by Crippen LogP contribution is 2.20. The molecule has 0 unspecified atom stereocenters. The van der Waals surface area contributed by atoms with Crippen LogP contribution in [0.2, 0.25) is 0 Å². The largest absolute Gasteiger partial charge is 0.339 e. The van der Waals surface area contributed by atoms with Gasteiger partial charge in [-0.25, -0.2) is 0 Å². The third-order valence-electron chi connectivity index (χ3n) is 6.28. The number of amides is 2. The van der Waals surface area contributed by atoms with Gasteiger partial charge < -0.3 is 9.80 Å². The van der Waals surface area contributed by atoms with Crippen molar-refractivity contribution in [2.75, 3.05) is 26.2 Å². The van der Waals surface area contributed by atoms with Crippen LogP contribution in [0.1, 0.15) is 34.6 Å². The molecule has 30 heavy (non-hydrogen) atoms. The van der Waals surface area contributed by atoms with Gasteiger partial charge in [0.05, 0.1) is 6.42 Å². The Morgan fingerprint density at radius 1 is 0.867 bits per heavy atom. The molecule has 0 saturated carbocycles. The topological polar surface area (TPSA) is 58.4 Å². The molecule has 154 valence electrons. The fourth-order valence-electron chi connectivity index (χ4n) is 4.56. The van der Waals surface area contributed by atoms with E-state index in [-0.39, 0.29) is 11.8 Å². The van der Waals surface area contributed by atoms with Gasteiger partial charge in [0, 0.05) is 38.4 Å². The fourth-order valence-corrected chi connectivity index (χ4v) is 4.56. The summed E-state index contributed by atoms with van der Waals surface area (Å²) in [6.45, 7) is 3.16. The summed E-state index contributed by atoms with van der Waals surface area (Å²) in [5.74, 6) is 0.106. The summed E-state index contributed by atoms with van der Waals surface area (Å²) in [7, 11) is 0. The summed E-state index contributed by atoms with van der Waals surface area (Å²) in [5, 5.41) is 6.79. The second-order valence-corrected chi connectivity index (χ2v) is 8.19. The van der Waals surface area contributed by atoms with Gasteiger partial charge in [-0.05, 0) is 41.7 Å². The van der Waals surface area contributed by atoms with Crippen LogP contribution >= 0.6 is 0 Å². The van der Waals surface area contributed by atoms with Gasteiger partial charge in [-0.1, -0.05) is 42.5 Å². The van der Waals surface area contributed by atoms with Crippen LogP contribution in [-0.2, 0) is 24.2 Å². The SMILES string of the molecule is O=C(Cc1cccc2ccccc12)N1CCN(C(=O)c2cc3n(n2)CCCC3)CC1. The summed E-state index contributed by atoms with van der Waals surface area (Å²) < 4.78 is 1.97. The first-order chi connectivity index (χ1) is 14.7. The molecule has 0 N–H and O–H groups in total. The highest BCUT2D eigenvalue weighted by Gasteiger charge is 2.27. The van der Waals surface area contributed by atoms with Crippen LogP contribution in [-0.4, -0.2) is 57.6 Å². The fraction of sp³-hybridized carbons (Fsp3) is 0.375. The van der Waals surface area contributed by atoms with Gasteiger partial charge in [0.1, 0.15) is 0 Å². The van der Waals surface area contributed by atoms with E-state index < -0.39 is 0 Å². The summed E-state index contributed by atoms with van der Waals surface area (Å²) >= 11 is 0. The smallest absolute Gasteiger partial charge is 0.274 e. The second kappa shape index (κ2) is 7.94. The second-order valence-electron chi connectivity index (χ2n) is 8.19. The molecule has 3 aromatic rings. The third-order valence-corrected chi connectivity index (χ3v) is 6.28. The molecule has 3 heterocycles. The van der Waals surface area contributed by atoms with E-state index in [0.717, 1.165) is 47.8 Å². The lowest BCUT2D eigenvalue weighted by atomic mass is 10.0. The van der Waals surface area contributed by atoms with Gasteiger partial charge in [-0.2, -0.15) is 5.10 Å². The summed E-state index contributed by atoms with van der Waals surface area (Å²) in [6.07, 6.45) is 3.68. The van der Waals surface area contributed by atoms with Gasteiger partial charge in [0.2, 0.25) is 5.91 Å². The number of nitrogens with zero attached hydrogens (tertiary/aromatic N) is 4. The number of aromatic nitrogens is 2. The van der Waals surface area contributed by atoms with Gasteiger partial charge in [-0.3, -0.25) is 14.3 Å².